The topological polar surface area (TPSA) is 71.7 Å². The molecule has 1 fully saturated rings. The summed E-state index contributed by atoms with van der Waals surface area (Å²) in [5.41, 5.74) is 0. The van der Waals surface area contributed by atoms with Gasteiger partial charge in [-0.1, -0.05) is 20.8 Å². The Labute approximate surface area is 131 Å². The predicted octanol–water partition coefficient (Wildman–Crippen LogP) is 1.43. The summed E-state index contributed by atoms with van der Waals surface area (Å²) >= 11 is 0. The molecule has 1 aromatic heterocycles. The van der Waals surface area contributed by atoms with Gasteiger partial charge in [0, 0.05) is 12.5 Å². The van der Waals surface area contributed by atoms with E-state index in [1.54, 1.807) is 0 Å². The normalized spacial score (nSPS) is 20.7. The van der Waals surface area contributed by atoms with Crippen molar-refractivity contribution < 1.29 is 13.9 Å². The highest BCUT2D eigenvalue weighted by molar-refractivity contribution is 5.81. The highest BCUT2D eigenvalue weighted by atomic mass is 16.5. The minimum Gasteiger partial charge on any atom is -0.422 e. The fourth-order valence-electron chi connectivity index (χ4n) is 2.58. The van der Waals surface area contributed by atoms with Gasteiger partial charge in [-0.2, -0.15) is 0 Å². The lowest BCUT2D eigenvalue weighted by atomic mass is 10.1. The first-order valence-electron chi connectivity index (χ1n) is 7.84. The molecular formula is C15H26N4O3. The molecule has 0 aromatic carbocycles. The van der Waals surface area contributed by atoms with Crippen molar-refractivity contribution in [3.05, 3.63) is 11.8 Å². The number of rotatable bonds is 5. The van der Waals surface area contributed by atoms with E-state index in [2.05, 4.69) is 10.2 Å². The third-order valence-electron chi connectivity index (χ3n) is 3.90. The third-order valence-corrected chi connectivity index (χ3v) is 3.90. The van der Waals surface area contributed by atoms with Crippen molar-refractivity contribution in [2.75, 3.05) is 33.8 Å². The second-order valence-corrected chi connectivity index (χ2v) is 6.16. The lowest BCUT2D eigenvalue weighted by molar-refractivity contribution is -0.144. The number of carbonyl (C=O) groups is 1. The van der Waals surface area contributed by atoms with E-state index in [1.807, 2.05) is 44.7 Å². The number of hydrogen-bond donors (Lipinski definition) is 0. The largest absolute Gasteiger partial charge is 0.422 e. The summed E-state index contributed by atoms with van der Waals surface area (Å²) in [4.78, 5) is 16.4. The van der Waals surface area contributed by atoms with Gasteiger partial charge in [0.25, 0.3) is 0 Å². The number of carbonyl (C=O) groups excluding carboxylic acids is 1. The first kappa shape index (κ1) is 16.9. The number of morpholine rings is 1. The third kappa shape index (κ3) is 3.64. The number of hydrogen-bond acceptors (Lipinski definition) is 6. The summed E-state index contributed by atoms with van der Waals surface area (Å²) < 4.78 is 11.4. The molecule has 22 heavy (non-hydrogen) atoms. The summed E-state index contributed by atoms with van der Waals surface area (Å²) in [6.07, 6.45) is 0.448. The summed E-state index contributed by atoms with van der Waals surface area (Å²) in [5.74, 6) is 1.37. The van der Waals surface area contributed by atoms with Crippen LogP contribution in [0, 0.1) is 0 Å². The quantitative estimate of drug-likeness (QED) is 0.819. The van der Waals surface area contributed by atoms with Crippen molar-refractivity contribution >= 4 is 5.91 Å². The minimum atomic E-state index is -0.336. The Morgan fingerprint density at radius 2 is 2.14 bits per heavy atom. The molecule has 7 nitrogen and oxygen atoms in total. The molecule has 1 amide bonds. The number of nitrogens with zero attached hydrogens (tertiary/aromatic N) is 4. The van der Waals surface area contributed by atoms with Crippen LogP contribution in [0.3, 0.4) is 0 Å². The zero-order chi connectivity index (χ0) is 16.3. The van der Waals surface area contributed by atoms with Gasteiger partial charge in [0.2, 0.25) is 17.7 Å². The number of likely N-dealkylation sites (N-methyl/N-ethyl adjacent to an activating group) is 1. The molecule has 2 rings (SSSR count). The van der Waals surface area contributed by atoms with Crippen molar-refractivity contribution in [2.24, 2.45) is 0 Å². The Bertz CT molecular complexity index is 501. The second-order valence-electron chi connectivity index (χ2n) is 6.16. The molecule has 0 spiro atoms. The van der Waals surface area contributed by atoms with Crippen LogP contribution in [0.4, 0.5) is 0 Å². The average Bonchev–Trinajstić information content (AvgIpc) is 2.97. The molecule has 1 aromatic rings. The number of aromatic nitrogens is 2. The summed E-state index contributed by atoms with van der Waals surface area (Å²) in [6.45, 7) is 7.57. The van der Waals surface area contributed by atoms with Crippen LogP contribution >= 0.6 is 0 Å². The van der Waals surface area contributed by atoms with Gasteiger partial charge in [0.05, 0.1) is 19.2 Å². The van der Waals surface area contributed by atoms with E-state index >= 15 is 0 Å². The smallest absolute Gasteiger partial charge is 0.247 e. The Morgan fingerprint density at radius 3 is 2.68 bits per heavy atom. The van der Waals surface area contributed by atoms with Crippen LogP contribution in [-0.2, 0) is 9.53 Å². The minimum absolute atomic E-state index is 0.104. The van der Waals surface area contributed by atoms with Gasteiger partial charge in [0.15, 0.2) is 6.10 Å². The summed E-state index contributed by atoms with van der Waals surface area (Å²) in [6, 6.07) is -0.104. The molecule has 1 saturated heterocycles. The summed E-state index contributed by atoms with van der Waals surface area (Å²) in [7, 11) is 3.85. The molecular weight excluding hydrogens is 284 g/mol. The van der Waals surface area contributed by atoms with E-state index in [0.29, 0.717) is 31.5 Å². The molecule has 2 unspecified atom stereocenters. The molecule has 0 aliphatic carbocycles. The van der Waals surface area contributed by atoms with Crippen molar-refractivity contribution in [2.45, 2.75) is 45.3 Å². The van der Waals surface area contributed by atoms with E-state index in [0.717, 1.165) is 6.42 Å². The van der Waals surface area contributed by atoms with Crippen molar-refractivity contribution in [3.8, 4) is 0 Å². The lowest BCUT2D eigenvalue weighted by Crippen LogP contribution is -2.50. The molecule has 0 radical (unpaired) electrons. The maximum absolute atomic E-state index is 12.6. The highest BCUT2D eigenvalue weighted by Crippen LogP contribution is 2.24. The van der Waals surface area contributed by atoms with Gasteiger partial charge < -0.3 is 14.1 Å². The molecule has 0 saturated carbocycles. The van der Waals surface area contributed by atoms with Crippen LogP contribution in [0.5, 0.6) is 0 Å². The van der Waals surface area contributed by atoms with Gasteiger partial charge in [-0.25, -0.2) is 0 Å². The zero-order valence-corrected chi connectivity index (χ0v) is 14.1. The SMILES string of the molecule is CCC(C(=O)N1CCOC(c2nnc(C(C)C)o2)C1)N(C)C. The molecule has 2 heterocycles. The van der Waals surface area contributed by atoms with Gasteiger partial charge in [-0.3, -0.25) is 9.69 Å². The van der Waals surface area contributed by atoms with Gasteiger partial charge in [0.1, 0.15) is 0 Å². The first-order chi connectivity index (χ1) is 10.4. The van der Waals surface area contributed by atoms with Crippen LogP contribution < -0.4 is 0 Å². The molecule has 2 atom stereocenters. The van der Waals surface area contributed by atoms with Crippen LogP contribution in [0.25, 0.3) is 0 Å². The van der Waals surface area contributed by atoms with E-state index in [9.17, 15) is 4.79 Å². The fourth-order valence-corrected chi connectivity index (χ4v) is 2.58. The molecule has 7 heteroatoms. The average molecular weight is 310 g/mol. The highest BCUT2D eigenvalue weighted by Gasteiger charge is 2.32. The van der Waals surface area contributed by atoms with Gasteiger partial charge in [-0.05, 0) is 20.5 Å². The van der Waals surface area contributed by atoms with E-state index in [1.165, 1.54) is 0 Å². The predicted molar refractivity (Wildman–Crippen MR) is 81.4 cm³/mol. The standard InChI is InChI=1S/C15H26N4O3/c1-6-11(18(4)5)15(20)19-7-8-21-12(9-19)14-17-16-13(22-14)10(2)3/h10-12H,6-9H2,1-5H3. The van der Waals surface area contributed by atoms with Crippen LogP contribution in [0.1, 0.15) is 51.0 Å². The van der Waals surface area contributed by atoms with Gasteiger partial charge in [-0.15, -0.1) is 10.2 Å². The lowest BCUT2D eigenvalue weighted by Gasteiger charge is -2.35. The first-order valence-corrected chi connectivity index (χ1v) is 7.84. The molecule has 0 N–H and O–H groups in total. The molecule has 124 valence electrons. The van der Waals surface area contributed by atoms with E-state index < -0.39 is 0 Å². The maximum Gasteiger partial charge on any atom is 0.247 e. The van der Waals surface area contributed by atoms with Crippen LogP contribution in [0.2, 0.25) is 0 Å². The van der Waals surface area contributed by atoms with Crippen molar-refractivity contribution in [1.29, 1.82) is 0 Å². The van der Waals surface area contributed by atoms with Crippen LogP contribution in [0.15, 0.2) is 4.42 Å². The Hall–Kier alpha value is -1.47. The van der Waals surface area contributed by atoms with Gasteiger partial charge >= 0.3 is 0 Å². The zero-order valence-electron chi connectivity index (χ0n) is 14.1. The fraction of sp³-hybridized carbons (Fsp3) is 0.800. The van der Waals surface area contributed by atoms with Crippen LogP contribution in [-0.4, -0.2) is 65.7 Å². The monoisotopic (exact) mass is 310 g/mol. The van der Waals surface area contributed by atoms with E-state index in [4.69, 9.17) is 9.15 Å². The number of ether oxygens (including phenoxy) is 1. The van der Waals surface area contributed by atoms with Crippen molar-refractivity contribution in [3.63, 3.8) is 0 Å². The Balaban J connectivity index is 2.06. The van der Waals surface area contributed by atoms with E-state index in [-0.39, 0.29) is 24.0 Å². The molecule has 0 bridgehead atoms. The Kier molecular flexibility index (Phi) is 5.52. The maximum atomic E-state index is 12.6. The number of amides is 1. The molecule has 1 aliphatic heterocycles. The van der Waals surface area contributed by atoms with Crippen molar-refractivity contribution in [1.82, 2.24) is 20.0 Å². The molecule has 1 aliphatic rings. The Morgan fingerprint density at radius 1 is 1.41 bits per heavy atom. The summed E-state index contributed by atoms with van der Waals surface area (Å²) in [5, 5.41) is 8.10. The second kappa shape index (κ2) is 7.19.